The summed E-state index contributed by atoms with van der Waals surface area (Å²) in [5, 5.41) is 3.18. The van der Waals surface area contributed by atoms with E-state index in [9.17, 15) is 4.39 Å². The summed E-state index contributed by atoms with van der Waals surface area (Å²) < 4.78 is 20.2. The Labute approximate surface area is 131 Å². The van der Waals surface area contributed by atoms with Crippen LogP contribution in [0.5, 0.6) is 11.6 Å². The molecule has 2 rings (SSSR count). The molecule has 0 unspecified atom stereocenters. The van der Waals surface area contributed by atoms with Crippen molar-refractivity contribution in [3.8, 4) is 11.6 Å². The molecule has 0 aliphatic carbocycles. The summed E-state index contributed by atoms with van der Waals surface area (Å²) in [7, 11) is 0. The van der Waals surface area contributed by atoms with Gasteiger partial charge in [0.1, 0.15) is 12.1 Å². The van der Waals surface area contributed by atoms with Crippen molar-refractivity contribution >= 4 is 21.7 Å². The molecule has 0 atom stereocenters. The molecule has 1 aromatic carbocycles. The van der Waals surface area contributed by atoms with Gasteiger partial charge in [0.05, 0.1) is 5.56 Å². The van der Waals surface area contributed by atoms with Crippen molar-refractivity contribution in [3.05, 3.63) is 40.4 Å². The van der Waals surface area contributed by atoms with Crippen molar-refractivity contribution in [2.24, 2.45) is 0 Å². The number of nitrogens with one attached hydrogen (secondary N) is 1. The van der Waals surface area contributed by atoms with Crippen LogP contribution in [0.3, 0.4) is 0 Å². The number of aromatic nitrogens is 2. The fourth-order valence-corrected chi connectivity index (χ4v) is 2.28. The molecule has 0 saturated heterocycles. The molecule has 1 heterocycles. The molecule has 21 heavy (non-hydrogen) atoms. The fourth-order valence-electron chi connectivity index (χ4n) is 1.94. The predicted octanol–water partition coefficient (Wildman–Crippen LogP) is 4.55. The van der Waals surface area contributed by atoms with Crippen molar-refractivity contribution in [1.29, 1.82) is 0 Å². The summed E-state index contributed by atoms with van der Waals surface area (Å²) in [4.78, 5) is 8.38. The third-order valence-electron chi connectivity index (χ3n) is 2.85. The van der Waals surface area contributed by atoms with E-state index in [2.05, 4.69) is 38.1 Å². The highest BCUT2D eigenvalue weighted by Crippen LogP contribution is 2.31. The van der Waals surface area contributed by atoms with Crippen LogP contribution in [-0.2, 0) is 6.42 Å². The van der Waals surface area contributed by atoms with E-state index in [1.54, 1.807) is 12.1 Å². The van der Waals surface area contributed by atoms with Crippen LogP contribution >= 0.6 is 15.9 Å². The number of nitrogens with zero attached hydrogens (tertiary/aromatic N) is 2. The Morgan fingerprint density at radius 1 is 1.29 bits per heavy atom. The molecule has 6 heteroatoms. The van der Waals surface area contributed by atoms with Gasteiger partial charge in [0.2, 0.25) is 5.88 Å². The zero-order valence-electron chi connectivity index (χ0n) is 12.0. The van der Waals surface area contributed by atoms with Crippen molar-refractivity contribution in [1.82, 2.24) is 9.97 Å². The van der Waals surface area contributed by atoms with E-state index in [1.165, 1.54) is 12.4 Å². The van der Waals surface area contributed by atoms with E-state index in [4.69, 9.17) is 4.74 Å². The molecule has 112 valence electrons. The minimum atomic E-state index is -0.427. The number of benzene rings is 1. The van der Waals surface area contributed by atoms with Gasteiger partial charge in [-0.3, -0.25) is 0 Å². The highest BCUT2D eigenvalue weighted by molar-refractivity contribution is 9.10. The van der Waals surface area contributed by atoms with E-state index in [-0.39, 0.29) is 5.75 Å². The van der Waals surface area contributed by atoms with E-state index in [0.717, 1.165) is 35.2 Å². The lowest BCUT2D eigenvalue weighted by Crippen LogP contribution is -2.06. The number of rotatable bonds is 6. The van der Waals surface area contributed by atoms with E-state index >= 15 is 0 Å². The van der Waals surface area contributed by atoms with Gasteiger partial charge in [-0.25, -0.2) is 14.4 Å². The lowest BCUT2D eigenvalue weighted by atomic mass is 10.1. The zero-order valence-corrected chi connectivity index (χ0v) is 13.6. The SMILES string of the molecule is CCCc1c(NCC)ncnc1Oc1cc(Br)ccc1F. The maximum absolute atomic E-state index is 13.8. The third-order valence-corrected chi connectivity index (χ3v) is 3.34. The van der Waals surface area contributed by atoms with Crippen LogP contribution in [0, 0.1) is 5.82 Å². The highest BCUT2D eigenvalue weighted by Gasteiger charge is 2.14. The summed E-state index contributed by atoms with van der Waals surface area (Å²) in [6.07, 6.45) is 3.10. The summed E-state index contributed by atoms with van der Waals surface area (Å²) >= 11 is 3.31. The molecule has 0 aliphatic heterocycles. The third kappa shape index (κ3) is 3.91. The molecule has 0 fully saturated rings. The Balaban J connectivity index is 2.38. The standard InChI is InChI=1S/C15H17BrFN3O/c1-3-5-11-14(18-4-2)19-9-20-15(11)21-13-8-10(16)6-7-12(13)17/h6-9H,3-5H2,1-2H3,(H,18,19,20). The molecule has 0 saturated carbocycles. The Kier molecular flexibility index (Phi) is 5.50. The Bertz CT molecular complexity index is 622. The van der Waals surface area contributed by atoms with E-state index in [0.29, 0.717) is 5.88 Å². The van der Waals surface area contributed by atoms with Crippen LogP contribution in [0.4, 0.5) is 10.2 Å². The maximum atomic E-state index is 13.8. The lowest BCUT2D eigenvalue weighted by molar-refractivity contribution is 0.421. The zero-order chi connectivity index (χ0) is 15.2. The van der Waals surface area contributed by atoms with E-state index < -0.39 is 5.82 Å². The van der Waals surface area contributed by atoms with Crippen LogP contribution in [0.1, 0.15) is 25.8 Å². The smallest absolute Gasteiger partial charge is 0.227 e. The van der Waals surface area contributed by atoms with Crippen molar-refractivity contribution in [2.75, 3.05) is 11.9 Å². The molecular weight excluding hydrogens is 337 g/mol. The quantitative estimate of drug-likeness (QED) is 0.827. The first-order chi connectivity index (χ1) is 10.2. The second-order valence-corrected chi connectivity index (χ2v) is 5.38. The van der Waals surface area contributed by atoms with Crippen molar-refractivity contribution in [3.63, 3.8) is 0 Å². The molecule has 0 bridgehead atoms. The second kappa shape index (κ2) is 7.36. The van der Waals surface area contributed by atoms with Gasteiger partial charge in [0.15, 0.2) is 11.6 Å². The van der Waals surface area contributed by atoms with E-state index in [1.807, 2.05) is 6.92 Å². The number of hydrogen-bond donors (Lipinski definition) is 1. The summed E-state index contributed by atoms with van der Waals surface area (Å²) in [6.45, 7) is 4.80. The minimum absolute atomic E-state index is 0.142. The van der Waals surface area contributed by atoms with Crippen LogP contribution in [0.25, 0.3) is 0 Å². The normalized spacial score (nSPS) is 10.5. The number of anilines is 1. The first-order valence-corrected chi connectivity index (χ1v) is 7.65. The number of ether oxygens (including phenoxy) is 1. The fraction of sp³-hybridized carbons (Fsp3) is 0.333. The topological polar surface area (TPSA) is 47.0 Å². The summed E-state index contributed by atoms with van der Waals surface area (Å²) in [5.74, 6) is 0.840. The van der Waals surface area contributed by atoms with Gasteiger partial charge in [-0.1, -0.05) is 29.3 Å². The molecule has 1 aromatic heterocycles. The average molecular weight is 354 g/mol. The first-order valence-electron chi connectivity index (χ1n) is 6.86. The van der Waals surface area contributed by atoms with Gasteiger partial charge in [-0.2, -0.15) is 0 Å². The van der Waals surface area contributed by atoms with Gasteiger partial charge in [0, 0.05) is 11.0 Å². The van der Waals surface area contributed by atoms with Crippen LogP contribution in [0.15, 0.2) is 29.0 Å². The first kappa shape index (κ1) is 15.7. The van der Waals surface area contributed by atoms with Gasteiger partial charge in [-0.05, 0) is 31.5 Å². The average Bonchev–Trinajstić information content (AvgIpc) is 2.46. The molecule has 4 nitrogen and oxygen atoms in total. The van der Waals surface area contributed by atoms with Crippen molar-refractivity contribution < 1.29 is 9.13 Å². The molecule has 1 N–H and O–H groups in total. The summed E-state index contributed by atoms with van der Waals surface area (Å²) in [6, 6.07) is 4.56. The number of halogens is 2. The van der Waals surface area contributed by atoms with Crippen molar-refractivity contribution in [2.45, 2.75) is 26.7 Å². The number of hydrogen-bond acceptors (Lipinski definition) is 4. The van der Waals surface area contributed by atoms with Gasteiger partial charge >= 0.3 is 0 Å². The maximum Gasteiger partial charge on any atom is 0.227 e. The largest absolute Gasteiger partial charge is 0.435 e. The molecule has 0 radical (unpaired) electrons. The Morgan fingerprint density at radius 3 is 2.81 bits per heavy atom. The minimum Gasteiger partial charge on any atom is -0.435 e. The van der Waals surface area contributed by atoms with Crippen LogP contribution in [-0.4, -0.2) is 16.5 Å². The van der Waals surface area contributed by atoms with Gasteiger partial charge in [-0.15, -0.1) is 0 Å². The molecule has 0 aliphatic rings. The summed E-state index contributed by atoms with van der Waals surface area (Å²) in [5.41, 5.74) is 0.862. The van der Waals surface area contributed by atoms with Crippen LogP contribution in [0.2, 0.25) is 0 Å². The molecule has 2 aromatic rings. The second-order valence-electron chi connectivity index (χ2n) is 4.46. The highest BCUT2D eigenvalue weighted by atomic mass is 79.9. The Hall–Kier alpha value is -1.69. The van der Waals surface area contributed by atoms with Crippen LogP contribution < -0.4 is 10.1 Å². The van der Waals surface area contributed by atoms with Gasteiger partial charge in [0.25, 0.3) is 0 Å². The molecule has 0 amide bonds. The molecule has 0 spiro atoms. The Morgan fingerprint density at radius 2 is 2.10 bits per heavy atom. The molecular formula is C15H17BrFN3O. The predicted molar refractivity (Wildman–Crippen MR) is 84.4 cm³/mol. The lowest BCUT2D eigenvalue weighted by Gasteiger charge is -2.14. The monoisotopic (exact) mass is 353 g/mol. The van der Waals surface area contributed by atoms with Gasteiger partial charge < -0.3 is 10.1 Å².